The number of carbonyl (C=O) groups is 1. The predicted octanol–water partition coefficient (Wildman–Crippen LogP) is 6.41. The van der Waals surface area contributed by atoms with Gasteiger partial charge in [-0.15, -0.1) is 0 Å². The Labute approximate surface area is 233 Å². The summed E-state index contributed by atoms with van der Waals surface area (Å²) >= 11 is 2.15. The maximum absolute atomic E-state index is 12.2. The van der Waals surface area contributed by atoms with Crippen molar-refractivity contribution in [1.29, 1.82) is 0 Å². The molecule has 0 spiro atoms. The van der Waals surface area contributed by atoms with E-state index in [1.165, 1.54) is 6.33 Å². The topological polar surface area (TPSA) is 103 Å². The second kappa shape index (κ2) is 12.2. The van der Waals surface area contributed by atoms with Crippen LogP contribution in [-0.2, 0) is 9.32 Å². The summed E-state index contributed by atoms with van der Waals surface area (Å²) in [6, 6.07) is 15.1. The van der Waals surface area contributed by atoms with Gasteiger partial charge < -0.3 is 24.3 Å². The number of ether oxygens (including phenoxy) is 1. The Balaban J connectivity index is 1.31. The van der Waals surface area contributed by atoms with E-state index in [1.807, 2.05) is 66.2 Å². The molecule has 0 aliphatic carbocycles. The molecule has 0 fully saturated rings. The first-order chi connectivity index (χ1) is 18.6. The molecule has 5 rings (SSSR count). The van der Waals surface area contributed by atoms with E-state index >= 15 is 0 Å². The van der Waals surface area contributed by atoms with Crippen molar-refractivity contribution in [2.75, 3.05) is 17.2 Å². The molecule has 0 aliphatic heterocycles. The van der Waals surface area contributed by atoms with E-state index in [-0.39, 0.29) is 5.91 Å². The van der Waals surface area contributed by atoms with Crippen molar-refractivity contribution in [3.05, 3.63) is 79.0 Å². The average molecular weight is 636 g/mol. The number of pyridine rings is 1. The third kappa shape index (κ3) is 6.37. The fourth-order valence-electron chi connectivity index (χ4n) is 3.74. The van der Waals surface area contributed by atoms with E-state index in [9.17, 15) is 4.79 Å². The van der Waals surface area contributed by atoms with Crippen LogP contribution in [0, 0.1) is 18.8 Å². The first-order valence-electron chi connectivity index (χ1n) is 11.6. The van der Waals surface area contributed by atoms with Crippen LogP contribution < -0.4 is 15.4 Å². The summed E-state index contributed by atoms with van der Waals surface area (Å²) in [4.78, 5) is 25.3. The van der Waals surface area contributed by atoms with Crippen LogP contribution in [0.15, 0.2) is 73.4 Å². The van der Waals surface area contributed by atoms with Gasteiger partial charge in [0.25, 0.3) is 5.91 Å². The third-order valence-electron chi connectivity index (χ3n) is 5.51. The number of imidazole rings is 1. The zero-order valence-corrected chi connectivity index (χ0v) is 23.4. The summed E-state index contributed by atoms with van der Waals surface area (Å²) in [6.07, 6.45) is 7.56. The predicted molar refractivity (Wildman–Crippen MR) is 159 cm³/mol. The minimum absolute atomic E-state index is 0.384. The van der Waals surface area contributed by atoms with Gasteiger partial charge in [0.1, 0.15) is 29.3 Å². The van der Waals surface area contributed by atoms with Crippen LogP contribution in [0.2, 0.25) is 0 Å². The fraction of sp³-hybridized carbons (Fsp3) is 0.111. The Kier molecular flexibility index (Phi) is 8.28. The number of nitrogens with zero attached hydrogens (tertiary/aromatic N) is 4. The Morgan fingerprint density at radius 1 is 1.08 bits per heavy atom. The molecule has 1 atom stereocenters. The molecule has 2 aromatic carbocycles. The van der Waals surface area contributed by atoms with Crippen LogP contribution >= 0.6 is 28.5 Å². The molecule has 11 heteroatoms. The normalized spacial score (nSPS) is 11.0. The van der Waals surface area contributed by atoms with Gasteiger partial charge in [0.2, 0.25) is 0 Å². The van der Waals surface area contributed by atoms with E-state index < -0.39 is 0 Å². The molecule has 0 bridgehead atoms. The maximum Gasteiger partial charge on any atom is 0.300 e. The van der Waals surface area contributed by atoms with E-state index in [1.54, 1.807) is 12.3 Å². The first-order valence-corrected chi connectivity index (χ1v) is 15.6. The summed E-state index contributed by atoms with van der Waals surface area (Å²) in [7, 11) is 0. The summed E-state index contributed by atoms with van der Waals surface area (Å²) in [6.45, 7) is 2.88. The molecular weight excluding hydrogens is 614 g/mol. The van der Waals surface area contributed by atoms with E-state index in [4.69, 9.17) is 9.26 Å². The van der Waals surface area contributed by atoms with Crippen LogP contribution in [-0.4, -0.2) is 31.9 Å². The van der Waals surface area contributed by atoms with Gasteiger partial charge >= 0.3 is 0 Å². The molecule has 3 heterocycles. The number of carbonyl (C=O) groups excluding carboxylic acids is 1. The molecule has 3 aromatic heterocycles. The monoisotopic (exact) mass is 636 g/mol. The minimum atomic E-state index is -0.384. The lowest BCUT2D eigenvalue weighted by molar-refractivity contribution is -0.111. The van der Waals surface area contributed by atoms with Crippen molar-refractivity contribution in [1.82, 2.24) is 19.4 Å². The van der Waals surface area contributed by atoms with Gasteiger partial charge in [-0.2, -0.15) is 0 Å². The van der Waals surface area contributed by atoms with Gasteiger partial charge in [-0.1, -0.05) is 5.92 Å². The Hall–Kier alpha value is -3.78. The molecule has 0 radical (unpaired) electrons. The van der Waals surface area contributed by atoms with Crippen molar-refractivity contribution >= 4 is 68.1 Å². The SMILES string of the molecule is Cc1cc(Nc2ncnc3ccc(NC(=O)C#CCCOPI)cc23)ccc1Oc1ccn2ccnc2c1. The Morgan fingerprint density at radius 2 is 1.97 bits per heavy atom. The van der Waals surface area contributed by atoms with Crippen LogP contribution in [0.4, 0.5) is 17.2 Å². The van der Waals surface area contributed by atoms with Gasteiger partial charge in [-0.05, 0) is 82.9 Å². The van der Waals surface area contributed by atoms with Crippen LogP contribution in [0.1, 0.15) is 12.0 Å². The van der Waals surface area contributed by atoms with Gasteiger partial charge in [0, 0.05) is 47.8 Å². The summed E-state index contributed by atoms with van der Waals surface area (Å²) in [5.74, 6) is 7.09. The van der Waals surface area contributed by atoms with Crippen LogP contribution in [0.5, 0.6) is 11.5 Å². The van der Waals surface area contributed by atoms with E-state index in [0.717, 1.165) is 33.6 Å². The number of rotatable bonds is 8. The minimum Gasteiger partial charge on any atom is -0.457 e. The molecule has 38 heavy (non-hydrogen) atoms. The summed E-state index contributed by atoms with van der Waals surface area (Å²) in [5.41, 5.74) is 3.96. The fourth-order valence-corrected chi connectivity index (χ4v) is 4.58. The molecule has 1 unspecified atom stereocenters. The lowest BCUT2D eigenvalue weighted by Gasteiger charge is -2.13. The van der Waals surface area contributed by atoms with Crippen LogP contribution in [0.25, 0.3) is 16.6 Å². The lowest BCUT2D eigenvalue weighted by atomic mass is 10.1. The van der Waals surface area contributed by atoms with Crippen molar-refractivity contribution in [3.63, 3.8) is 0 Å². The molecular formula is C27H22IN6O3P. The highest BCUT2D eigenvalue weighted by Gasteiger charge is 2.09. The quantitative estimate of drug-likeness (QED) is 0.0878. The number of fused-ring (bicyclic) bond motifs is 2. The van der Waals surface area contributed by atoms with Crippen molar-refractivity contribution in [2.24, 2.45) is 0 Å². The number of hydrogen-bond acceptors (Lipinski definition) is 7. The molecule has 0 aliphatic rings. The zero-order valence-electron chi connectivity index (χ0n) is 20.2. The van der Waals surface area contributed by atoms with Gasteiger partial charge in [0.05, 0.1) is 18.6 Å². The molecule has 1 amide bonds. The lowest BCUT2D eigenvalue weighted by Crippen LogP contribution is -2.08. The molecule has 0 saturated carbocycles. The first kappa shape index (κ1) is 25.9. The van der Waals surface area contributed by atoms with E-state index in [2.05, 4.69) is 59.5 Å². The van der Waals surface area contributed by atoms with Gasteiger partial charge in [-0.25, -0.2) is 15.0 Å². The number of nitrogens with one attached hydrogen (secondary N) is 2. The van der Waals surface area contributed by atoms with Crippen LogP contribution in [0.3, 0.4) is 0 Å². The number of anilines is 3. The van der Waals surface area contributed by atoms with Gasteiger partial charge in [-0.3, -0.25) is 4.79 Å². The number of hydrogen-bond donors (Lipinski definition) is 2. The standard InChI is InChI=1S/C27H22IN6O3P/c1-18-14-19(6-8-24(18)37-21-9-11-34-12-10-29-25(34)16-21)33-27-22-15-20(5-7-23(22)30-17-31-27)32-26(35)4-2-3-13-36-38-28/h5-12,14-17,38H,3,13H2,1H3,(H,32,35)(H,30,31,33). The summed E-state index contributed by atoms with van der Waals surface area (Å²) < 4.78 is 13.3. The molecule has 5 aromatic rings. The zero-order chi connectivity index (χ0) is 26.3. The average Bonchev–Trinajstić information content (AvgIpc) is 3.38. The van der Waals surface area contributed by atoms with E-state index in [0.29, 0.717) is 36.7 Å². The molecule has 0 saturated heterocycles. The number of amides is 1. The largest absolute Gasteiger partial charge is 0.457 e. The molecule has 190 valence electrons. The molecule has 2 N–H and O–H groups in total. The smallest absolute Gasteiger partial charge is 0.300 e. The Morgan fingerprint density at radius 3 is 2.84 bits per heavy atom. The highest BCUT2D eigenvalue weighted by atomic mass is 127. The Bertz CT molecular complexity index is 1680. The van der Waals surface area contributed by atoms with Gasteiger partial charge in [0.15, 0.2) is 0 Å². The highest BCUT2D eigenvalue weighted by Crippen LogP contribution is 2.31. The maximum atomic E-state index is 12.2. The van der Waals surface area contributed by atoms with Crippen molar-refractivity contribution in [3.8, 4) is 23.3 Å². The second-order valence-electron chi connectivity index (χ2n) is 8.15. The number of benzene rings is 2. The molecule has 9 nitrogen and oxygen atoms in total. The third-order valence-corrected chi connectivity index (χ3v) is 6.76. The van der Waals surface area contributed by atoms with Crippen molar-refractivity contribution in [2.45, 2.75) is 13.3 Å². The number of aryl methyl sites for hydroxylation is 1. The number of halogens is 1. The highest BCUT2D eigenvalue weighted by molar-refractivity contribution is 14.2. The second-order valence-corrected chi connectivity index (χ2v) is 9.91. The number of aromatic nitrogens is 4. The van der Waals surface area contributed by atoms with Crippen molar-refractivity contribution < 1.29 is 14.1 Å². The summed E-state index contributed by atoms with van der Waals surface area (Å²) in [5, 5.41) is 6.93.